The highest BCUT2D eigenvalue weighted by atomic mass is 35.5. The molecule has 0 saturated carbocycles. The summed E-state index contributed by atoms with van der Waals surface area (Å²) in [5.41, 5.74) is 4.91. The molecule has 3 aromatic carbocycles. The molecule has 0 aliphatic heterocycles. The second kappa shape index (κ2) is 12.3. The van der Waals surface area contributed by atoms with Crippen LogP contribution in [0.15, 0.2) is 72.8 Å². The minimum absolute atomic E-state index is 0. The average molecular weight is 426 g/mol. The maximum absolute atomic E-state index is 6.00. The molecule has 0 saturated heterocycles. The summed E-state index contributed by atoms with van der Waals surface area (Å²) in [5, 5.41) is 3.69. The van der Waals surface area contributed by atoms with Gasteiger partial charge in [-0.2, -0.15) is 0 Å². The van der Waals surface area contributed by atoms with E-state index in [-0.39, 0.29) is 12.4 Å². The minimum atomic E-state index is 0. The van der Waals surface area contributed by atoms with Crippen LogP contribution in [0.5, 0.6) is 11.5 Å². The summed E-state index contributed by atoms with van der Waals surface area (Å²) in [6.07, 6.45) is 2.25. The Morgan fingerprint density at radius 3 is 2.23 bits per heavy atom. The Morgan fingerprint density at radius 1 is 0.867 bits per heavy atom. The molecule has 1 unspecified atom stereocenters. The van der Waals surface area contributed by atoms with Gasteiger partial charge in [0.25, 0.3) is 0 Å². The zero-order chi connectivity index (χ0) is 20.5. The summed E-state index contributed by atoms with van der Waals surface area (Å²) in [6.45, 7) is 5.62. The molecule has 0 aliphatic rings. The second-order valence-electron chi connectivity index (χ2n) is 7.39. The van der Waals surface area contributed by atoms with Crippen LogP contribution in [-0.2, 0) is 13.2 Å². The molecule has 0 heterocycles. The van der Waals surface area contributed by atoms with Crippen molar-refractivity contribution < 1.29 is 9.47 Å². The van der Waals surface area contributed by atoms with Gasteiger partial charge in [0.15, 0.2) is 11.5 Å². The zero-order valence-electron chi connectivity index (χ0n) is 18.1. The zero-order valence-corrected chi connectivity index (χ0v) is 18.9. The molecule has 0 radical (unpaired) electrons. The third-order valence-electron chi connectivity index (χ3n) is 5.07. The Morgan fingerprint density at radius 2 is 1.57 bits per heavy atom. The summed E-state index contributed by atoms with van der Waals surface area (Å²) in [5.74, 6) is 1.54. The molecule has 0 aromatic heterocycles. The fourth-order valence-electron chi connectivity index (χ4n) is 3.39. The van der Waals surface area contributed by atoms with Crippen molar-refractivity contribution in [1.29, 1.82) is 0 Å². The van der Waals surface area contributed by atoms with Crippen molar-refractivity contribution in [2.45, 2.75) is 45.9 Å². The quantitative estimate of drug-likeness (QED) is 0.395. The van der Waals surface area contributed by atoms with Crippen LogP contribution in [0, 0.1) is 6.92 Å². The summed E-state index contributed by atoms with van der Waals surface area (Å²) in [6, 6.07) is 25.6. The summed E-state index contributed by atoms with van der Waals surface area (Å²) >= 11 is 0. The predicted octanol–water partition coefficient (Wildman–Crippen LogP) is 6.64. The molecule has 0 fully saturated rings. The van der Waals surface area contributed by atoms with Crippen molar-refractivity contribution in [3.8, 4) is 11.5 Å². The van der Waals surface area contributed by atoms with Gasteiger partial charge in [-0.3, -0.25) is 0 Å². The van der Waals surface area contributed by atoms with Crippen LogP contribution in [0.1, 0.15) is 48.1 Å². The first-order chi connectivity index (χ1) is 14.2. The molecule has 30 heavy (non-hydrogen) atoms. The van der Waals surface area contributed by atoms with E-state index in [0.29, 0.717) is 12.6 Å². The monoisotopic (exact) mass is 425 g/mol. The lowest BCUT2D eigenvalue weighted by atomic mass is 10.0. The third-order valence-corrected chi connectivity index (χ3v) is 5.07. The highest BCUT2D eigenvalue weighted by molar-refractivity contribution is 5.85. The van der Waals surface area contributed by atoms with Gasteiger partial charge in [0.2, 0.25) is 0 Å². The van der Waals surface area contributed by atoms with Crippen molar-refractivity contribution >= 4 is 12.4 Å². The standard InChI is InChI=1S/C26H31NO2.ClH/c1-4-8-24(23-9-6-5-7-10-23)27-18-22-15-16-25(26(17-22)28-3)29-19-21-13-11-20(2)12-14-21;/h5-7,9-17,24,27H,4,8,18-19H2,1-3H3;1H. The van der Waals surface area contributed by atoms with Gasteiger partial charge in [-0.25, -0.2) is 0 Å². The van der Waals surface area contributed by atoms with Crippen molar-refractivity contribution in [2.24, 2.45) is 0 Å². The number of halogens is 1. The lowest BCUT2D eigenvalue weighted by molar-refractivity contribution is 0.284. The average Bonchev–Trinajstić information content (AvgIpc) is 2.77. The molecule has 4 heteroatoms. The van der Waals surface area contributed by atoms with Crippen molar-refractivity contribution in [1.82, 2.24) is 5.32 Å². The topological polar surface area (TPSA) is 30.5 Å². The molecule has 0 bridgehead atoms. The van der Waals surface area contributed by atoms with Gasteiger partial charge in [-0.1, -0.05) is 79.6 Å². The van der Waals surface area contributed by atoms with Crippen LogP contribution in [0.3, 0.4) is 0 Å². The van der Waals surface area contributed by atoms with Crippen LogP contribution in [0.2, 0.25) is 0 Å². The van der Waals surface area contributed by atoms with Gasteiger partial charge in [0.1, 0.15) is 6.61 Å². The molecule has 0 spiro atoms. The van der Waals surface area contributed by atoms with E-state index in [1.54, 1.807) is 7.11 Å². The number of aryl methyl sites for hydroxylation is 1. The van der Waals surface area contributed by atoms with Crippen molar-refractivity contribution in [2.75, 3.05) is 7.11 Å². The van der Waals surface area contributed by atoms with Crippen LogP contribution in [-0.4, -0.2) is 7.11 Å². The number of nitrogens with one attached hydrogen (secondary N) is 1. The number of methoxy groups -OCH3 is 1. The van der Waals surface area contributed by atoms with E-state index < -0.39 is 0 Å². The molecule has 3 nitrogen and oxygen atoms in total. The smallest absolute Gasteiger partial charge is 0.161 e. The van der Waals surface area contributed by atoms with E-state index in [0.717, 1.165) is 36.4 Å². The summed E-state index contributed by atoms with van der Waals surface area (Å²) in [7, 11) is 1.69. The molecule has 1 N–H and O–H groups in total. The van der Waals surface area contributed by atoms with E-state index in [2.05, 4.69) is 85.9 Å². The fraction of sp³-hybridized carbons (Fsp3) is 0.308. The first kappa shape index (κ1) is 23.8. The largest absolute Gasteiger partial charge is 0.493 e. The molecule has 160 valence electrons. The first-order valence-corrected chi connectivity index (χ1v) is 10.3. The summed E-state index contributed by atoms with van der Waals surface area (Å²) < 4.78 is 11.6. The highest BCUT2D eigenvalue weighted by Gasteiger charge is 2.11. The van der Waals surface area contributed by atoms with Gasteiger partial charge >= 0.3 is 0 Å². The number of benzene rings is 3. The van der Waals surface area contributed by atoms with Crippen LogP contribution in [0.4, 0.5) is 0 Å². The molecule has 3 aromatic rings. The van der Waals surface area contributed by atoms with Crippen molar-refractivity contribution in [3.05, 3.63) is 95.1 Å². The Kier molecular flexibility index (Phi) is 9.72. The van der Waals surface area contributed by atoms with E-state index in [4.69, 9.17) is 9.47 Å². The number of hydrogen-bond acceptors (Lipinski definition) is 3. The Balaban J connectivity index is 0.00000320. The summed E-state index contributed by atoms with van der Waals surface area (Å²) in [4.78, 5) is 0. The van der Waals surface area contributed by atoms with Crippen LogP contribution in [0.25, 0.3) is 0 Å². The van der Waals surface area contributed by atoms with Crippen LogP contribution >= 0.6 is 12.4 Å². The third kappa shape index (κ3) is 6.79. The molecule has 1 atom stereocenters. The molecule has 0 aliphatic carbocycles. The van der Waals surface area contributed by atoms with Gasteiger partial charge in [-0.15, -0.1) is 12.4 Å². The SMILES string of the molecule is CCCC(NCc1ccc(OCc2ccc(C)cc2)c(OC)c1)c1ccccc1.Cl. The Labute approximate surface area is 186 Å². The van der Waals surface area contributed by atoms with Gasteiger partial charge in [0.05, 0.1) is 7.11 Å². The highest BCUT2D eigenvalue weighted by Crippen LogP contribution is 2.29. The maximum Gasteiger partial charge on any atom is 0.161 e. The van der Waals surface area contributed by atoms with E-state index in [1.165, 1.54) is 16.7 Å². The number of rotatable bonds is 10. The van der Waals surface area contributed by atoms with Gasteiger partial charge in [0, 0.05) is 12.6 Å². The Bertz CT molecular complexity index is 881. The maximum atomic E-state index is 6.00. The molecule has 3 rings (SSSR count). The minimum Gasteiger partial charge on any atom is -0.493 e. The van der Waals surface area contributed by atoms with Gasteiger partial charge in [-0.05, 0) is 42.2 Å². The second-order valence-corrected chi connectivity index (χ2v) is 7.39. The lowest BCUT2D eigenvalue weighted by Gasteiger charge is -2.19. The molecular formula is C26H32ClNO2. The number of ether oxygens (including phenoxy) is 2. The van der Waals surface area contributed by atoms with Gasteiger partial charge < -0.3 is 14.8 Å². The van der Waals surface area contributed by atoms with Crippen molar-refractivity contribution in [3.63, 3.8) is 0 Å². The van der Waals surface area contributed by atoms with E-state index >= 15 is 0 Å². The van der Waals surface area contributed by atoms with Crippen LogP contribution < -0.4 is 14.8 Å². The molecular weight excluding hydrogens is 394 g/mol. The lowest BCUT2D eigenvalue weighted by Crippen LogP contribution is -2.20. The predicted molar refractivity (Wildman–Crippen MR) is 127 cm³/mol. The first-order valence-electron chi connectivity index (χ1n) is 10.3. The Hall–Kier alpha value is -2.49. The van der Waals surface area contributed by atoms with E-state index in [9.17, 15) is 0 Å². The fourth-order valence-corrected chi connectivity index (χ4v) is 3.39. The normalized spacial score (nSPS) is 11.4. The number of hydrogen-bond donors (Lipinski definition) is 1. The molecule has 0 amide bonds. The van der Waals surface area contributed by atoms with E-state index in [1.807, 2.05) is 6.07 Å².